The highest BCUT2D eigenvalue weighted by atomic mass is 31.2. The standard InChI is InChI=1S/C18H20FO2P/c1-10-6-12(3)17-15(8-10)14(5)16-9-11(2)7-13(4)18(16)21-22(19)20-17/h6-9,14H,1-5H3. The van der Waals surface area contributed by atoms with Crippen LogP contribution in [0.15, 0.2) is 24.3 Å². The summed E-state index contributed by atoms with van der Waals surface area (Å²) in [6.07, 6.45) is 0. The largest absolute Gasteiger partial charge is 0.505 e. The quantitative estimate of drug-likeness (QED) is 0.551. The SMILES string of the molecule is Cc1cc(C)c2c(c1)C(C)c1cc(C)cc(C)c1OP(F)O2. The average molecular weight is 318 g/mol. The second-order valence-corrected chi connectivity index (χ2v) is 6.91. The van der Waals surface area contributed by atoms with Crippen molar-refractivity contribution < 1.29 is 13.2 Å². The van der Waals surface area contributed by atoms with Gasteiger partial charge in [0.25, 0.3) is 0 Å². The van der Waals surface area contributed by atoms with Crippen molar-refractivity contribution in [1.82, 2.24) is 0 Å². The number of halogens is 1. The molecule has 4 heteroatoms. The van der Waals surface area contributed by atoms with Crippen molar-refractivity contribution >= 4 is 8.69 Å². The Bertz CT molecular complexity index is 681. The van der Waals surface area contributed by atoms with Crippen LogP contribution < -0.4 is 9.05 Å². The number of rotatable bonds is 0. The molecule has 1 heterocycles. The molecule has 116 valence electrons. The Hall–Kier alpha value is -1.60. The van der Waals surface area contributed by atoms with Crippen LogP contribution >= 0.6 is 8.69 Å². The zero-order chi connectivity index (χ0) is 16.0. The maximum absolute atomic E-state index is 14.3. The van der Waals surface area contributed by atoms with E-state index in [-0.39, 0.29) is 5.92 Å². The zero-order valence-electron chi connectivity index (χ0n) is 13.5. The molecule has 0 radical (unpaired) electrons. The molecule has 0 saturated carbocycles. The Labute approximate surface area is 132 Å². The molecule has 0 spiro atoms. The molecule has 0 saturated heterocycles. The van der Waals surface area contributed by atoms with Gasteiger partial charge in [0.05, 0.1) is 0 Å². The van der Waals surface area contributed by atoms with Crippen LogP contribution in [0.5, 0.6) is 11.5 Å². The second-order valence-electron chi connectivity index (χ2n) is 6.12. The number of aryl methyl sites for hydroxylation is 4. The van der Waals surface area contributed by atoms with Crippen molar-refractivity contribution in [2.24, 2.45) is 0 Å². The minimum Gasteiger partial charge on any atom is -0.414 e. The fraction of sp³-hybridized carbons (Fsp3) is 0.333. The van der Waals surface area contributed by atoms with Gasteiger partial charge < -0.3 is 9.05 Å². The van der Waals surface area contributed by atoms with Crippen LogP contribution in [0, 0.1) is 27.7 Å². The molecule has 2 aromatic rings. The number of benzene rings is 2. The molecule has 0 bridgehead atoms. The first kappa shape index (κ1) is 15.3. The van der Waals surface area contributed by atoms with Crippen molar-refractivity contribution in [3.05, 3.63) is 57.6 Å². The van der Waals surface area contributed by atoms with Gasteiger partial charge in [-0.1, -0.05) is 42.3 Å². The van der Waals surface area contributed by atoms with E-state index < -0.39 is 8.69 Å². The molecule has 22 heavy (non-hydrogen) atoms. The molecule has 0 atom stereocenters. The van der Waals surface area contributed by atoms with Crippen LogP contribution in [0.1, 0.15) is 46.2 Å². The lowest BCUT2D eigenvalue weighted by atomic mass is 9.87. The van der Waals surface area contributed by atoms with Crippen LogP contribution in [0.3, 0.4) is 0 Å². The first-order valence-electron chi connectivity index (χ1n) is 7.41. The van der Waals surface area contributed by atoms with Gasteiger partial charge in [0.2, 0.25) is 0 Å². The van der Waals surface area contributed by atoms with Crippen molar-refractivity contribution in [2.45, 2.75) is 40.5 Å². The van der Waals surface area contributed by atoms with Gasteiger partial charge in [0, 0.05) is 17.0 Å². The van der Waals surface area contributed by atoms with Crippen molar-refractivity contribution in [1.29, 1.82) is 0 Å². The summed E-state index contributed by atoms with van der Waals surface area (Å²) in [6, 6.07) is 8.20. The highest BCUT2D eigenvalue weighted by Gasteiger charge is 2.29. The lowest BCUT2D eigenvalue weighted by Crippen LogP contribution is -2.09. The second kappa shape index (κ2) is 5.55. The van der Waals surface area contributed by atoms with Crippen molar-refractivity contribution in [3.63, 3.8) is 0 Å². The Kier molecular flexibility index (Phi) is 3.86. The lowest BCUT2D eigenvalue weighted by molar-refractivity contribution is 0.422. The minimum atomic E-state index is -2.48. The van der Waals surface area contributed by atoms with E-state index in [1.807, 2.05) is 26.0 Å². The van der Waals surface area contributed by atoms with E-state index in [1.165, 1.54) is 0 Å². The van der Waals surface area contributed by atoms with Crippen molar-refractivity contribution in [2.75, 3.05) is 0 Å². The van der Waals surface area contributed by atoms with Gasteiger partial charge in [-0.25, -0.2) is 0 Å². The van der Waals surface area contributed by atoms with E-state index >= 15 is 0 Å². The smallest absolute Gasteiger partial charge is 0.414 e. The summed E-state index contributed by atoms with van der Waals surface area (Å²) >= 11 is 0. The summed E-state index contributed by atoms with van der Waals surface area (Å²) in [5.74, 6) is 1.33. The molecule has 0 unspecified atom stereocenters. The van der Waals surface area contributed by atoms with E-state index in [1.54, 1.807) is 0 Å². The zero-order valence-corrected chi connectivity index (χ0v) is 14.4. The van der Waals surface area contributed by atoms with Gasteiger partial charge in [-0.2, -0.15) is 0 Å². The summed E-state index contributed by atoms with van der Waals surface area (Å²) in [4.78, 5) is 0. The van der Waals surface area contributed by atoms with Gasteiger partial charge in [-0.15, -0.1) is 4.20 Å². The van der Waals surface area contributed by atoms with Crippen LogP contribution in [-0.2, 0) is 0 Å². The minimum absolute atomic E-state index is 0.0888. The summed E-state index contributed by atoms with van der Waals surface area (Å²) in [7, 11) is -2.48. The number of hydrogen-bond acceptors (Lipinski definition) is 2. The Morgan fingerprint density at radius 2 is 1.23 bits per heavy atom. The molecular weight excluding hydrogens is 298 g/mol. The predicted octanol–water partition coefficient (Wildman–Crippen LogP) is 6.04. The molecule has 0 N–H and O–H groups in total. The van der Waals surface area contributed by atoms with Crippen LogP contribution in [0.2, 0.25) is 0 Å². The van der Waals surface area contributed by atoms with Gasteiger partial charge in [0.15, 0.2) is 0 Å². The Balaban J connectivity index is 2.27. The van der Waals surface area contributed by atoms with E-state index in [2.05, 4.69) is 32.9 Å². The molecule has 1 aliphatic rings. The maximum Gasteiger partial charge on any atom is 0.505 e. The average Bonchev–Trinajstić information content (AvgIpc) is 2.42. The summed E-state index contributed by atoms with van der Waals surface area (Å²) < 4.78 is 25.3. The molecule has 0 aromatic heterocycles. The summed E-state index contributed by atoms with van der Waals surface area (Å²) in [5, 5.41) is 0. The Morgan fingerprint density at radius 1 is 0.818 bits per heavy atom. The number of fused-ring (bicyclic) bond motifs is 2. The molecule has 2 aromatic carbocycles. The fourth-order valence-electron chi connectivity index (χ4n) is 3.20. The van der Waals surface area contributed by atoms with Crippen molar-refractivity contribution in [3.8, 4) is 11.5 Å². The Morgan fingerprint density at radius 3 is 1.64 bits per heavy atom. The summed E-state index contributed by atoms with van der Waals surface area (Å²) in [6.45, 7) is 10.1. The monoisotopic (exact) mass is 318 g/mol. The van der Waals surface area contributed by atoms with Crippen LogP contribution in [-0.4, -0.2) is 0 Å². The molecular formula is C18H20FO2P. The van der Waals surface area contributed by atoms with E-state index in [9.17, 15) is 4.20 Å². The number of hydrogen-bond donors (Lipinski definition) is 0. The van der Waals surface area contributed by atoms with E-state index in [0.717, 1.165) is 33.4 Å². The van der Waals surface area contributed by atoms with Gasteiger partial charge in [0.1, 0.15) is 11.5 Å². The first-order valence-corrected chi connectivity index (χ1v) is 8.47. The van der Waals surface area contributed by atoms with E-state index in [0.29, 0.717) is 11.5 Å². The van der Waals surface area contributed by atoms with Gasteiger partial charge >= 0.3 is 8.69 Å². The van der Waals surface area contributed by atoms with Gasteiger partial charge in [-0.05, 0) is 38.8 Å². The topological polar surface area (TPSA) is 18.5 Å². The molecule has 0 amide bonds. The molecule has 3 rings (SSSR count). The maximum atomic E-state index is 14.3. The molecule has 2 nitrogen and oxygen atoms in total. The molecule has 1 aliphatic heterocycles. The third-order valence-electron chi connectivity index (χ3n) is 4.15. The normalized spacial score (nSPS) is 20.1. The lowest BCUT2D eigenvalue weighted by Gasteiger charge is -2.27. The molecule has 0 aliphatic carbocycles. The highest BCUT2D eigenvalue weighted by molar-refractivity contribution is 7.42. The first-order chi connectivity index (χ1) is 10.4. The van der Waals surface area contributed by atoms with E-state index in [4.69, 9.17) is 9.05 Å². The third-order valence-corrected chi connectivity index (χ3v) is 4.81. The third kappa shape index (κ3) is 2.59. The van der Waals surface area contributed by atoms with Crippen LogP contribution in [0.4, 0.5) is 4.20 Å². The summed E-state index contributed by atoms with van der Waals surface area (Å²) in [5.41, 5.74) is 6.26. The highest BCUT2D eigenvalue weighted by Crippen LogP contribution is 2.52. The predicted molar refractivity (Wildman–Crippen MR) is 88.6 cm³/mol. The van der Waals surface area contributed by atoms with Crippen LogP contribution in [0.25, 0.3) is 0 Å². The fourth-order valence-corrected chi connectivity index (χ4v) is 4.02. The molecule has 0 fully saturated rings. The van der Waals surface area contributed by atoms with Gasteiger partial charge in [-0.3, -0.25) is 0 Å².